The first kappa shape index (κ1) is 7.13. The summed E-state index contributed by atoms with van der Waals surface area (Å²) < 4.78 is 5.27. The maximum atomic E-state index is 11.0. The average Bonchev–Trinajstić information content (AvgIpc) is 2.60. The van der Waals surface area contributed by atoms with Gasteiger partial charge in [0.15, 0.2) is 0 Å². The number of benzene rings is 1. The number of hydrogen-bond acceptors (Lipinski definition) is 2. The molecule has 1 saturated heterocycles. The summed E-state index contributed by atoms with van der Waals surface area (Å²) in [5, 5.41) is 0. The van der Waals surface area contributed by atoms with Gasteiger partial charge in [-0.3, -0.25) is 4.79 Å². The number of ether oxygens (including phenoxy) is 1. The fraction of sp³-hybridized carbons (Fsp3) is 0.364. The van der Waals surface area contributed by atoms with Gasteiger partial charge in [0, 0.05) is 5.92 Å². The number of esters is 1. The highest BCUT2D eigenvalue weighted by molar-refractivity contribution is 5.73. The molecule has 1 aromatic rings. The molecule has 1 aliphatic heterocycles. The van der Waals surface area contributed by atoms with E-state index in [0.717, 1.165) is 6.42 Å². The Morgan fingerprint density at radius 3 is 3.00 bits per heavy atom. The van der Waals surface area contributed by atoms with Crippen LogP contribution in [0.25, 0.3) is 0 Å². The summed E-state index contributed by atoms with van der Waals surface area (Å²) >= 11 is 0. The molecular weight excluding hydrogens is 164 g/mol. The third-order valence-corrected chi connectivity index (χ3v) is 2.96. The first-order chi connectivity index (χ1) is 6.34. The molecule has 3 rings (SSSR count). The average molecular weight is 174 g/mol. The highest BCUT2D eigenvalue weighted by Gasteiger charge is 2.41. The Balaban J connectivity index is 2.06. The molecule has 0 amide bonds. The zero-order valence-corrected chi connectivity index (χ0v) is 7.19. The lowest BCUT2D eigenvalue weighted by molar-refractivity contribution is -0.141. The lowest BCUT2D eigenvalue weighted by atomic mass is 10.0. The van der Waals surface area contributed by atoms with Gasteiger partial charge >= 0.3 is 5.97 Å². The van der Waals surface area contributed by atoms with Gasteiger partial charge < -0.3 is 4.74 Å². The molecule has 0 radical (unpaired) electrons. The molecule has 1 aromatic carbocycles. The quantitative estimate of drug-likeness (QED) is 0.561. The molecule has 0 spiro atoms. The minimum Gasteiger partial charge on any atom is -0.457 e. The van der Waals surface area contributed by atoms with E-state index in [0.29, 0.717) is 12.3 Å². The number of rotatable bonds is 0. The molecule has 2 atom stereocenters. The third-order valence-electron chi connectivity index (χ3n) is 2.96. The zero-order valence-electron chi connectivity index (χ0n) is 7.19. The standard InChI is InChI=1S/C11H10O2/c12-10-6-8-5-7-3-1-2-4-9(7)11(8)13-10/h1-4,8,11H,5-6H2/t8-,11+/m1/s1. The van der Waals surface area contributed by atoms with Crippen LogP contribution in [0.15, 0.2) is 24.3 Å². The third kappa shape index (κ3) is 0.916. The highest BCUT2D eigenvalue weighted by atomic mass is 16.6. The topological polar surface area (TPSA) is 26.3 Å². The van der Waals surface area contributed by atoms with Gasteiger partial charge in [-0.05, 0) is 17.5 Å². The van der Waals surface area contributed by atoms with Gasteiger partial charge in [0.05, 0.1) is 6.42 Å². The normalized spacial score (nSPS) is 29.7. The smallest absolute Gasteiger partial charge is 0.306 e. The molecule has 66 valence electrons. The van der Waals surface area contributed by atoms with Crippen molar-refractivity contribution in [1.82, 2.24) is 0 Å². The van der Waals surface area contributed by atoms with Crippen LogP contribution in [0.1, 0.15) is 23.7 Å². The second-order valence-corrected chi connectivity index (χ2v) is 3.78. The minimum absolute atomic E-state index is 0.0375. The van der Waals surface area contributed by atoms with E-state index in [2.05, 4.69) is 12.1 Å². The van der Waals surface area contributed by atoms with Crippen molar-refractivity contribution in [2.75, 3.05) is 0 Å². The number of hydrogen-bond donors (Lipinski definition) is 0. The van der Waals surface area contributed by atoms with Crippen LogP contribution in [0.4, 0.5) is 0 Å². The summed E-state index contributed by atoms with van der Waals surface area (Å²) in [7, 11) is 0. The van der Waals surface area contributed by atoms with Crippen LogP contribution in [0.5, 0.6) is 0 Å². The zero-order chi connectivity index (χ0) is 8.84. The van der Waals surface area contributed by atoms with E-state index < -0.39 is 0 Å². The summed E-state index contributed by atoms with van der Waals surface area (Å²) in [6, 6.07) is 8.25. The lowest BCUT2D eigenvalue weighted by Crippen LogP contribution is -1.99. The summed E-state index contributed by atoms with van der Waals surface area (Å²) in [6.07, 6.45) is 1.66. The van der Waals surface area contributed by atoms with Gasteiger partial charge in [-0.15, -0.1) is 0 Å². The molecule has 1 aliphatic carbocycles. The van der Waals surface area contributed by atoms with Gasteiger partial charge in [-0.25, -0.2) is 0 Å². The van der Waals surface area contributed by atoms with Crippen molar-refractivity contribution in [3.63, 3.8) is 0 Å². The van der Waals surface area contributed by atoms with Gasteiger partial charge in [0.2, 0.25) is 0 Å². The van der Waals surface area contributed by atoms with Crippen molar-refractivity contribution >= 4 is 5.97 Å². The molecule has 0 bridgehead atoms. The first-order valence-corrected chi connectivity index (χ1v) is 4.62. The molecule has 0 aromatic heterocycles. The van der Waals surface area contributed by atoms with Crippen LogP contribution < -0.4 is 0 Å². The predicted molar refractivity (Wildman–Crippen MR) is 47.1 cm³/mol. The van der Waals surface area contributed by atoms with Crippen molar-refractivity contribution in [2.24, 2.45) is 5.92 Å². The predicted octanol–water partition coefficient (Wildman–Crippen LogP) is 1.85. The van der Waals surface area contributed by atoms with E-state index in [9.17, 15) is 4.79 Å². The van der Waals surface area contributed by atoms with Crippen molar-refractivity contribution in [2.45, 2.75) is 18.9 Å². The summed E-state index contributed by atoms with van der Waals surface area (Å²) in [5.41, 5.74) is 2.57. The van der Waals surface area contributed by atoms with E-state index in [-0.39, 0.29) is 12.1 Å². The second kappa shape index (κ2) is 2.34. The Hall–Kier alpha value is -1.31. The summed E-state index contributed by atoms with van der Waals surface area (Å²) in [6.45, 7) is 0. The minimum atomic E-state index is -0.0375. The maximum Gasteiger partial charge on any atom is 0.306 e. The van der Waals surface area contributed by atoms with Crippen LogP contribution in [0, 0.1) is 5.92 Å². The van der Waals surface area contributed by atoms with Crippen molar-refractivity contribution in [3.8, 4) is 0 Å². The van der Waals surface area contributed by atoms with Crippen LogP contribution >= 0.6 is 0 Å². The van der Waals surface area contributed by atoms with Crippen molar-refractivity contribution in [3.05, 3.63) is 35.4 Å². The van der Waals surface area contributed by atoms with E-state index in [1.807, 2.05) is 12.1 Å². The van der Waals surface area contributed by atoms with Crippen molar-refractivity contribution < 1.29 is 9.53 Å². The summed E-state index contributed by atoms with van der Waals surface area (Å²) in [5.74, 6) is 0.370. The van der Waals surface area contributed by atoms with Gasteiger partial charge in [-0.2, -0.15) is 0 Å². The fourth-order valence-electron chi connectivity index (χ4n) is 2.38. The lowest BCUT2D eigenvalue weighted by Gasteiger charge is -2.07. The monoisotopic (exact) mass is 174 g/mol. The molecular formula is C11H10O2. The van der Waals surface area contributed by atoms with E-state index in [4.69, 9.17) is 4.74 Å². The van der Waals surface area contributed by atoms with E-state index in [1.165, 1.54) is 11.1 Å². The number of fused-ring (bicyclic) bond motifs is 3. The van der Waals surface area contributed by atoms with Crippen LogP contribution in [0.3, 0.4) is 0 Å². The number of carbonyl (C=O) groups excluding carboxylic acids is 1. The molecule has 1 fully saturated rings. The Bertz CT molecular complexity index is 370. The molecule has 2 heteroatoms. The van der Waals surface area contributed by atoms with Crippen LogP contribution in [-0.2, 0) is 16.0 Å². The fourth-order valence-corrected chi connectivity index (χ4v) is 2.38. The maximum absolute atomic E-state index is 11.0. The highest BCUT2D eigenvalue weighted by Crippen LogP contribution is 2.44. The second-order valence-electron chi connectivity index (χ2n) is 3.78. The summed E-state index contributed by atoms with van der Waals surface area (Å²) in [4.78, 5) is 11.0. The molecule has 2 aliphatic rings. The Morgan fingerprint density at radius 1 is 1.23 bits per heavy atom. The van der Waals surface area contributed by atoms with E-state index >= 15 is 0 Å². The van der Waals surface area contributed by atoms with Gasteiger partial charge in [0.25, 0.3) is 0 Å². The Labute approximate surface area is 76.5 Å². The van der Waals surface area contributed by atoms with E-state index in [1.54, 1.807) is 0 Å². The molecule has 13 heavy (non-hydrogen) atoms. The van der Waals surface area contributed by atoms with Gasteiger partial charge in [0.1, 0.15) is 6.10 Å². The largest absolute Gasteiger partial charge is 0.457 e. The molecule has 1 heterocycles. The first-order valence-electron chi connectivity index (χ1n) is 4.62. The Morgan fingerprint density at radius 2 is 2.08 bits per heavy atom. The molecule has 0 unspecified atom stereocenters. The molecule has 0 N–H and O–H groups in total. The Kier molecular flexibility index (Phi) is 1.29. The van der Waals surface area contributed by atoms with Crippen LogP contribution in [-0.4, -0.2) is 5.97 Å². The number of carbonyl (C=O) groups is 1. The molecule has 2 nitrogen and oxygen atoms in total. The molecule has 0 saturated carbocycles. The SMILES string of the molecule is O=C1C[C@H]2Cc3ccccc3[C@H]2O1. The van der Waals surface area contributed by atoms with Crippen molar-refractivity contribution in [1.29, 1.82) is 0 Å². The van der Waals surface area contributed by atoms with Crippen LogP contribution in [0.2, 0.25) is 0 Å². The van der Waals surface area contributed by atoms with Gasteiger partial charge in [-0.1, -0.05) is 24.3 Å².